The van der Waals surface area contributed by atoms with Gasteiger partial charge in [0.05, 0.1) is 33.6 Å². The van der Waals surface area contributed by atoms with Crippen LogP contribution in [0.2, 0.25) is 0 Å². The molecule has 3 rings (SSSR count). The summed E-state index contributed by atoms with van der Waals surface area (Å²) in [5, 5.41) is 3.83. The molecule has 1 amide bonds. The zero-order valence-corrected chi connectivity index (χ0v) is 15.2. The molecule has 0 bridgehead atoms. The molecule has 1 aromatic heterocycles. The molecule has 134 valence electrons. The van der Waals surface area contributed by atoms with E-state index in [2.05, 4.69) is 5.10 Å². The van der Waals surface area contributed by atoms with Gasteiger partial charge in [-0.05, 0) is 45.0 Å². The number of aromatic nitrogens is 2. The Bertz CT molecular complexity index is 919. The zero-order chi connectivity index (χ0) is 18.4. The molecule has 1 aliphatic rings. The Kier molecular flexibility index (Phi) is 4.40. The summed E-state index contributed by atoms with van der Waals surface area (Å²) in [6.07, 6.45) is 0. The number of rotatable bonds is 2. The fourth-order valence-corrected chi connectivity index (χ4v) is 4.37. The Morgan fingerprint density at radius 1 is 1.24 bits per heavy atom. The second kappa shape index (κ2) is 6.25. The molecule has 25 heavy (non-hydrogen) atoms. The van der Waals surface area contributed by atoms with Crippen LogP contribution in [0.5, 0.6) is 0 Å². The van der Waals surface area contributed by atoms with Crippen molar-refractivity contribution in [1.82, 2.24) is 14.7 Å². The second-order valence-corrected chi connectivity index (χ2v) is 8.90. The lowest BCUT2D eigenvalue weighted by Crippen LogP contribution is -2.48. The van der Waals surface area contributed by atoms with Crippen LogP contribution in [0.25, 0.3) is 5.69 Å². The molecular formula is C17H20FN3O3S. The SMILES string of the molecule is Cc1nn(-c2ccc(F)cc2)c(C)c1C(=O)N1CCS(=O)(=O)C(C)C1. The van der Waals surface area contributed by atoms with Crippen molar-refractivity contribution in [2.24, 2.45) is 0 Å². The number of halogens is 1. The van der Waals surface area contributed by atoms with Gasteiger partial charge in [-0.2, -0.15) is 5.10 Å². The Balaban J connectivity index is 1.93. The van der Waals surface area contributed by atoms with Crippen molar-refractivity contribution in [2.45, 2.75) is 26.0 Å². The van der Waals surface area contributed by atoms with Crippen LogP contribution in [-0.2, 0) is 9.84 Å². The predicted molar refractivity (Wildman–Crippen MR) is 92.1 cm³/mol. The van der Waals surface area contributed by atoms with E-state index in [1.807, 2.05) is 0 Å². The highest BCUT2D eigenvalue weighted by atomic mass is 32.2. The maximum absolute atomic E-state index is 13.1. The number of benzene rings is 1. The highest BCUT2D eigenvalue weighted by Gasteiger charge is 2.34. The lowest BCUT2D eigenvalue weighted by Gasteiger charge is -2.31. The minimum Gasteiger partial charge on any atom is -0.336 e. The smallest absolute Gasteiger partial charge is 0.257 e. The molecule has 2 heterocycles. The number of amides is 1. The van der Waals surface area contributed by atoms with Crippen LogP contribution < -0.4 is 0 Å². The summed E-state index contributed by atoms with van der Waals surface area (Å²) in [6.45, 7) is 5.51. The summed E-state index contributed by atoms with van der Waals surface area (Å²) < 4.78 is 38.4. The van der Waals surface area contributed by atoms with Crippen molar-refractivity contribution >= 4 is 15.7 Å². The van der Waals surface area contributed by atoms with Crippen molar-refractivity contribution in [3.63, 3.8) is 0 Å². The summed E-state index contributed by atoms with van der Waals surface area (Å²) >= 11 is 0. The second-order valence-electron chi connectivity index (χ2n) is 6.36. The van der Waals surface area contributed by atoms with Crippen LogP contribution in [-0.4, -0.2) is 53.1 Å². The summed E-state index contributed by atoms with van der Waals surface area (Å²) in [7, 11) is -3.12. The van der Waals surface area contributed by atoms with Gasteiger partial charge in [0.25, 0.3) is 5.91 Å². The Morgan fingerprint density at radius 3 is 2.48 bits per heavy atom. The summed E-state index contributed by atoms with van der Waals surface area (Å²) in [5.41, 5.74) is 2.34. The minimum absolute atomic E-state index is 0.0237. The van der Waals surface area contributed by atoms with E-state index in [1.54, 1.807) is 42.5 Å². The maximum atomic E-state index is 13.1. The molecule has 1 atom stereocenters. The average Bonchev–Trinajstić information content (AvgIpc) is 2.85. The van der Waals surface area contributed by atoms with Gasteiger partial charge in [-0.25, -0.2) is 17.5 Å². The van der Waals surface area contributed by atoms with E-state index >= 15 is 0 Å². The molecule has 1 fully saturated rings. The standard InChI is InChI=1S/C17H20FN3O3S/c1-11-10-20(8-9-25(11,23)24)17(22)16-12(2)19-21(13(16)3)15-6-4-14(18)5-7-15/h4-7,11H,8-10H2,1-3H3. The van der Waals surface area contributed by atoms with Gasteiger partial charge < -0.3 is 4.90 Å². The van der Waals surface area contributed by atoms with Gasteiger partial charge in [-0.1, -0.05) is 0 Å². The van der Waals surface area contributed by atoms with Gasteiger partial charge in [-0.15, -0.1) is 0 Å². The zero-order valence-electron chi connectivity index (χ0n) is 14.4. The van der Waals surface area contributed by atoms with Crippen LogP contribution in [0, 0.1) is 19.7 Å². The van der Waals surface area contributed by atoms with Crippen molar-refractivity contribution in [3.8, 4) is 5.69 Å². The molecule has 0 N–H and O–H groups in total. The van der Waals surface area contributed by atoms with E-state index in [9.17, 15) is 17.6 Å². The highest BCUT2D eigenvalue weighted by Crippen LogP contribution is 2.22. The highest BCUT2D eigenvalue weighted by molar-refractivity contribution is 7.92. The van der Waals surface area contributed by atoms with Crippen molar-refractivity contribution < 1.29 is 17.6 Å². The third kappa shape index (κ3) is 3.18. The van der Waals surface area contributed by atoms with Gasteiger partial charge in [-0.3, -0.25) is 4.79 Å². The van der Waals surface area contributed by atoms with Crippen molar-refractivity contribution in [1.29, 1.82) is 0 Å². The van der Waals surface area contributed by atoms with Gasteiger partial charge in [0.1, 0.15) is 5.82 Å². The third-order valence-electron chi connectivity index (χ3n) is 4.60. The molecule has 1 unspecified atom stereocenters. The van der Waals surface area contributed by atoms with Gasteiger partial charge in [0.15, 0.2) is 9.84 Å². The van der Waals surface area contributed by atoms with E-state index in [0.29, 0.717) is 22.6 Å². The lowest BCUT2D eigenvalue weighted by molar-refractivity contribution is 0.0759. The number of sulfone groups is 1. The molecule has 8 heteroatoms. The third-order valence-corrected chi connectivity index (χ3v) is 6.73. The molecule has 6 nitrogen and oxygen atoms in total. The number of carbonyl (C=O) groups excluding carboxylic acids is 1. The fourth-order valence-electron chi connectivity index (χ4n) is 3.08. The number of hydrogen-bond acceptors (Lipinski definition) is 4. The largest absolute Gasteiger partial charge is 0.336 e. The molecular weight excluding hydrogens is 345 g/mol. The molecule has 1 aliphatic heterocycles. The van der Waals surface area contributed by atoms with Crippen LogP contribution in [0.3, 0.4) is 0 Å². The molecule has 0 radical (unpaired) electrons. The van der Waals surface area contributed by atoms with Crippen LogP contribution in [0.4, 0.5) is 4.39 Å². The first-order valence-electron chi connectivity index (χ1n) is 8.03. The normalized spacial score (nSPS) is 19.8. The van der Waals surface area contributed by atoms with Crippen LogP contribution >= 0.6 is 0 Å². The van der Waals surface area contributed by atoms with E-state index < -0.39 is 15.1 Å². The summed E-state index contributed by atoms with van der Waals surface area (Å²) in [4.78, 5) is 14.5. The predicted octanol–water partition coefficient (Wildman–Crippen LogP) is 1.89. The van der Waals surface area contributed by atoms with Crippen LogP contribution in [0.1, 0.15) is 28.7 Å². The first-order chi connectivity index (χ1) is 11.7. The van der Waals surface area contributed by atoms with Crippen molar-refractivity contribution in [3.05, 3.63) is 47.0 Å². The summed E-state index contributed by atoms with van der Waals surface area (Å²) in [5.74, 6) is -0.584. The summed E-state index contributed by atoms with van der Waals surface area (Å²) in [6, 6.07) is 5.87. The topological polar surface area (TPSA) is 72.3 Å². The number of nitrogens with zero attached hydrogens (tertiary/aromatic N) is 3. The molecule has 0 saturated carbocycles. The number of hydrogen-bond donors (Lipinski definition) is 0. The fraction of sp³-hybridized carbons (Fsp3) is 0.412. The Hall–Kier alpha value is -2.22. The lowest BCUT2D eigenvalue weighted by atomic mass is 10.1. The molecule has 1 saturated heterocycles. The van der Waals surface area contributed by atoms with Crippen molar-refractivity contribution in [2.75, 3.05) is 18.8 Å². The van der Waals surface area contributed by atoms with E-state index in [0.717, 1.165) is 0 Å². The van der Waals surface area contributed by atoms with Gasteiger partial charge >= 0.3 is 0 Å². The van der Waals surface area contributed by atoms with Crippen LogP contribution in [0.15, 0.2) is 24.3 Å². The molecule has 0 spiro atoms. The van der Waals surface area contributed by atoms with Gasteiger partial charge in [0, 0.05) is 13.1 Å². The monoisotopic (exact) mass is 365 g/mol. The molecule has 1 aromatic carbocycles. The molecule has 0 aliphatic carbocycles. The first-order valence-corrected chi connectivity index (χ1v) is 9.75. The average molecular weight is 365 g/mol. The first kappa shape index (κ1) is 17.6. The molecule has 2 aromatic rings. The number of carbonyl (C=O) groups is 1. The van der Waals surface area contributed by atoms with E-state index in [4.69, 9.17) is 0 Å². The quantitative estimate of drug-likeness (QED) is 0.815. The maximum Gasteiger partial charge on any atom is 0.257 e. The Morgan fingerprint density at radius 2 is 1.88 bits per heavy atom. The van der Waals surface area contributed by atoms with E-state index in [1.165, 1.54) is 12.1 Å². The number of aryl methyl sites for hydroxylation is 1. The van der Waals surface area contributed by atoms with Gasteiger partial charge in [0.2, 0.25) is 0 Å². The Labute approximate surface area is 146 Å². The van der Waals surface area contributed by atoms with E-state index in [-0.39, 0.29) is 30.6 Å². The minimum atomic E-state index is -3.12.